The number of likely N-dealkylation sites (tertiary alicyclic amines) is 1. The lowest BCUT2D eigenvalue weighted by Crippen LogP contribution is -2.31. The molecule has 3 rings (SSSR count). The molecule has 4 heteroatoms. The van der Waals surface area contributed by atoms with Crippen LogP contribution in [-0.4, -0.2) is 27.6 Å². The number of fused-ring (bicyclic) bond motifs is 1. The van der Waals surface area contributed by atoms with Gasteiger partial charge in [0.05, 0.1) is 17.6 Å². The lowest BCUT2D eigenvalue weighted by molar-refractivity contribution is 0.215. The molecular weight excluding hydrogens is 212 g/mol. The van der Waals surface area contributed by atoms with Gasteiger partial charge in [0.15, 0.2) is 0 Å². The van der Waals surface area contributed by atoms with Gasteiger partial charge in [0, 0.05) is 0 Å². The summed E-state index contributed by atoms with van der Waals surface area (Å²) < 4.78 is 1.73. The second kappa shape index (κ2) is 4.37. The van der Waals surface area contributed by atoms with Crippen LogP contribution in [0.3, 0.4) is 0 Å². The van der Waals surface area contributed by atoms with Gasteiger partial charge in [-0.3, -0.25) is 4.90 Å². The third-order valence-electron chi connectivity index (χ3n) is 3.48. The normalized spacial score (nSPS) is 17.6. The molecule has 0 atom stereocenters. The summed E-state index contributed by atoms with van der Waals surface area (Å²) in [6, 6.07) is 8.03. The number of benzene rings is 1. The number of nitrogen functional groups attached to an aromatic ring is 1. The van der Waals surface area contributed by atoms with Crippen LogP contribution in [0, 0.1) is 0 Å². The maximum absolute atomic E-state index is 6.08. The molecule has 2 aromatic rings. The number of nitrogens with zero attached hydrogens (tertiary/aromatic N) is 3. The zero-order valence-electron chi connectivity index (χ0n) is 9.97. The van der Waals surface area contributed by atoms with Crippen molar-refractivity contribution in [2.75, 3.05) is 18.9 Å². The molecule has 0 radical (unpaired) electrons. The number of piperidine rings is 1. The van der Waals surface area contributed by atoms with E-state index in [0.29, 0.717) is 0 Å². The van der Waals surface area contributed by atoms with E-state index < -0.39 is 0 Å². The highest BCUT2D eigenvalue weighted by Gasteiger charge is 2.14. The Morgan fingerprint density at radius 2 is 1.88 bits per heavy atom. The first-order chi connectivity index (χ1) is 8.34. The predicted molar refractivity (Wildman–Crippen MR) is 69.0 cm³/mol. The number of hydrogen-bond acceptors (Lipinski definition) is 3. The molecule has 90 valence electrons. The van der Waals surface area contributed by atoms with Crippen LogP contribution in [0.15, 0.2) is 24.3 Å². The van der Waals surface area contributed by atoms with Gasteiger partial charge in [-0.25, -0.2) is 9.66 Å². The molecule has 1 aliphatic heterocycles. The van der Waals surface area contributed by atoms with Gasteiger partial charge in [-0.2, -0.15) is 0 Å². The highest BCUT2D eigenvalue weighted by molar-refractivity contribution is 5.75. The fraction of sp³-hybridized carbons (Fsp3) is 0.462. The number of para-hydroxylation sites is 2. The van der Waals surface area contributed by atoms with Gasteiger partial charge in [0.25, 0.3) is 0 Å². The average molecular weight is 230 g/mol. The van der Waals surface area contributed by atoms with Crippen LogP contribution in [0.4, 0.5) is 0 Å². The molecule has 1 aromatic carbocycles. The topological polar surface area (TPSA) is 47.1 Å². The van der Waals surface area contributed by atoms with Crippen LogP contribution in [0.25, 0.3) is 11.0 Å². The summed E-state index contributed by atoms with van der Waals surface area (Å²) in [7, 11) is 0. The molecule has 17 heavy (non-hydrogen) atoms. The highest BCUT2D eigenvalue weighted by Crippen LogP contribution is 2.16. The first-order valence-electron chi connectivity index (χ1n) is 6.28. The summed E-state index contributed by atoms with van der Waals surface area (Å²) in [6.07, 6.45) is 3.95. The molecule has 1 fully saturated rings. The van der Waals surface area contributed by atoms with Crippen LogP contribution >= 0.6 is 0 Å². The average Bonchev–Trinajstić information content (AvgIpc) is 2.68. The van der Waals surface area contributed by atoms with Crippen LogP contribution < -0.4 is 5.84 Å². The molecule has 0 saturated carbocycles. The van der Waals surface area contributed by atoms with E-state index >= 15 is 0 Å². The Kier molecular flexibility index (Phi) is 2.73. The van der Waals surface area contributed by atoms with Crippen molar-refractivity contribution in [3.05, 3.63) is 30.1 Å². The van der Waals surface area contributed by atoms with Gasteiger partial charge in [-0.15, -0.1) is 0 Å². The Hall–Kier alpha value is -1.55. The summed E-state index contributed by atoms with van der Waals surface area (Å²) in [6.45, 7) is 3.21. The number of rotatable bonds is 2. The van der Waals surface area contributed by atoms with Gasteiger partial charge in [-0.1, -0.05) is 18.6 Å². The van der Waals surface area contributed by atoms with E-state index in [2.05, 4.69) is 9.88 Å². The van der Waals surface area contributed by atoms with Crippen LogP contribution in [0.5, 0.6) is 0 Å². The fourth-order valence-electron chi connectivity index (χ4n) is 2.52. The molecule has 2 N–H and O–H groups in total. The summed E-state index contributed by atoms with van der Waals surface area (Å²) in [5.41, 5.74) is 2.00. The fourth-order valence-corrected chi connectivity index (χ4v) is 2.52. The number of imidazole rings is 1. The molecule has 1 aliphatic rings. The molecule has 0 amide bonds. The van der Waals surface area contributed by atoms with Crippen molar-refractivity contribution in [3.63, 3.8) is 0 Å². The molecule has 0 unspecified atom stereocenters. The molecule has 2 heterocycles. The quantitative estimate of drug-likeness (QED) is 0.799. The Morgan fingerprint density at radius 1 is 1.12 bits per heavy atom. The molecule has 0 aliphatic carbocycles. The van der Waals surface area contributed by atoms with E-state index in [0.717, 1.165) is 23.4 Å². The number of hydrogen-bond donors (Lipinski definition) is 1. The molecule has 0 bridgehead atoms. The van der Waals surface area contributed by atoms with Crippen molar-refractivity contribution in [2.45, 2.75) is 25.8 Å². The predicted octanol–water partition coefficient (Wildman–Crippen LogP) is 1.74. The van der Waals surface area contributed by atoms with Crippen LogP contribution in [0.1, 0.15) is 25.1 Å². The smallest absolute Gasteiger partial charge is 0.142 e. The van der Waals surface area contributed by atoms with E-state index in [1.54, 1.807) is 4.68 Å². The van der Waals surface area contributed by atoms with Crippen molar-refractivity contribution in [1.29, 1.82) is 0 Å². The lowest BCUT2D eigenvalue weighted by Gasteiger charge is -2.25. The zero-order valence-corrected chi connectivity index (χ0v) is 9.97. The Balaban J connectivity index is 1.87. The first-order valence-corrected chi connectivity index (χ1v) is 6.28. The second-order valence-corrected chi connectivity index (χ2v) is 4.72. The molecule has 0 spiro atoms. The summed E-state index contributed by atoms with van der Waals surface area (Å²) >= 11 is 0. The minimum absolute atomic E-state index is 0.866. The Bertz CT molecular complexity index is 511. The largest absolute Gasteiger partial charge is 0.337 e. The monoisotopic (exact) mass is 230 g/mol. The van der Waals surface area contributed by atoms with Crippen LogP contribution in [0.2, 0.25) is 0 Å². The van der Waals surface area contributed by atoms with Gasteiger partial charge < -0.3 is 5.84 Å². The molecule has 1 aromatic heterocycles. The van der Waals surface area contributed by atoms with E-state index in [-0.39, 0.29) is 0 Å². The summed E-state index contributed by atoms with van der Waals surface area (Å²) in [5, 5.41) is 0. The van der Waals surface area contributed by atoms with Gasteiger partial charge in [-0.05, 0) is 38.1 Å². The van der Waals surface area contributed by atoms with E-state index in [4.69, 9.17) is 5.84 Å². The third kappa shape index (κ3) is 2.00. The summed E-state index contributed by atoms with van der Waals surface area (Å²) in [4.78, 5) is 7.04. The second-order valence-electron chi connectivity index (χ2n) is 4.72. The highest BCUT2D eigenvalue weighted by atomic mass is 15.3. The minimum Gasteiger partial charge on any atom is -0.337 e. The zero-order chi connectivity index (χ0) is 11.7. The number of aromatic nitrogens is 2. The standard InChI is InChI=1S/C13H18N4/c14-17-12-7-3-2-6-11(12)15-13(17)10-16-8-4-1-5-9-16/h2-3,6-7H,1,4-5,8-10,14H2. The molecule has 4 nitrogen and oxygen atoms in total. The van der Waals surface area contributed by atoms with Crippen molar-refractivity contribution in [2.24, 2.45) is 0 Å². The maximum Gasteiger partial charge on any atom is 0.142 e. The van der Waals surface area contributed by atoms with Gasteiger partial charge >= 0.3 is 0 Å². The van der Waals surface area contributed by atoms with Crippen molar-refractivity contribution < 1.29 is 0 Å². The van der Waals surface area contributed by atoms with Crippen molar-refractivity contribution in [3.8, 4) is 0 Å². The minimum atomic E-state index is 0.866. The molecular formula is C13H18N4. The van der Waals surface area contributed by atoms with Gasteiger partial charge in [0.2, 0.25) is 0 Å². The lowest BCUT2D eigenvalue weighted by atomic mass is 10.1. The van der Waals surface area contributed by atoms with Gasteiger partial charge in [0.1, 0.15) is 5.82 Å². The maximum atomic E-state index is 6.08. The van der Waals surface area contributed by atoms with Crippen LogP contribution in [-0.2, 0) is 6.54 Å². The van der Waals surface area contributed by atoms with Crippen molar-refractivity contribution >= 4 is 11.0 Å². The Labute approximate surface area is 101 Å². The SMILES string of the molecule is Nn1c(CN2CCCCC2)nc2ccccc21. The van der Waals surface area contributed by atoms with E-state index in [9.17, 15) is 0 Å². The van der Waals surface area contributed by atoms with E-state index in [1.165, 1.54) is 32.4 Å². The number of nitrogens with two attached hydrogens (primary N) is 1. The third-order valence-corrected chi connectivity index (χ3v) is 3.48. The first kappa shape index (κ1) is 10.6. The Morgan fingerprint density at radius 3 is 2.65 bits per heavy atom. The van der Waals surface area contributed by atoms with Crippen molar-refractivity contribution in [1.82, 2.24) is 14.6 Å². The summed E-state index contributed by atoms with van der Waals surface area (Å²) in [5.74, 6) is 7.05. The van der Waals surface area contributed by atoms with E-state index in [1.807, 2.05) is 24.3 Å². The molecule has 1 saturated heterocycles.